The second-order valence-corrected chi connectivity index (χ2v) is 7.75. The third-order valence-corrected chi connectivity index (χ3v) is 5.27. The third kappa shape index (κ3) is 4.07. The Kier molecular flexibility index (Phi) is 5.39. The lowest BCUT2D eigenvalue weighted by Crippen LogP contribution is -2.35. The summed E-state index contributed by atoms with van der Waals surface area (Å²) in [6.45, 7) is 8.36. The molecule has 0 bridgehead atoms. The van der Waals surface area contributed by atoms with Crippen molar-refractivity contribution >= 4 is 16.8 Å². The first kappa shape index (κ1) is 18.6. The summed E-state index contributed by atoms with van der Waals surface area (Å²) < 4.78 is 0. The summed E-state index contributed by atoms with van der Waals surface area (Å²) in [5, 5.41) is 1.08. The molecule has 0 saturated carbocycles. The second kappa shape index (κ2) is 8.10. The van der Waals surface area contributed by atoms with Crippen molar-refractivity contribution in [2.24, 2.45) is 0 Å². The van der Waals surface area contributed by atoms with Gasteiger partial charge in [0.15, 0.2) is 0 Å². The number of hydrogen-bond acceptors (Lipinski definition) is 4. The molecule has 1 aromatic carbocycles. The van der Waals surface area contributed by atoms with Gasteiger partial charge in [-0.1, -0.05) is 32.0 Å². The van der Waals surface area contributed by atoms with E-state index in [-0.39, 0.29) is 5.91 Å². The summed E-state index contributed by atoms with van der Waals surface area (Å²) >= 11 is 0. The number of carbonyl (C=O) groups excluding carboxylic acids is 1. The van der Waals surface area contributed by atoms with Gasteiger partial charge < -0.3 is 9.88 Å². The van der Waals surface area contributed by atoms with E-state index in [0.717, 1.165) is 61.6 Å². The minimum Gasteiger partial charge on any atom is -0.351 e. The van der Waals surface area contributed by atoms with E-state index in [4.69, 9.17) is 0 Å². The van der Waals surface area contributed by atoms with E-state index in [9.17, 15) is 4.79 Å². The Morgan fingerprint density at radius 2 is 2.00 bits per heavy atom. The van der Waals surface area contributed by atoms with Gasteiger partial charge in [0.1, 0.15) is 11.5 Å². The fraction of sp³-hybridized carbons (Fsp3) is 0.409. The van der Waals surface area contributed by atoms with Crippen LogP contribution in [0.1, 0.15) is 48.2 Å². The molecule has 1 aliphatic heterocycles. The van der Waals surface area contributed by atoms with Crippen LogP contribution in [0.5, 0.6) is 0 Å². The topological polar surface area (TPSA) is 65.1 Å². The molecule has 28 heavy (non-hydrogen) atoms. The van der Waals surface area contributed by atoms with Crippen molar-refractivity contribution in [2.75, 3.05) is 26.2 Å². The predicted octanol–water partition coefficient (Wildman–Crippen LogP) is 3.43. The van der Waals surface area contributed by atoms with Crippen LogP contribution in [0.2, 0.25) is 0 Å². The van der Waals surface area contributed by atoms with Crippen molar-refractivity contribution in [3.63, 3.8) is 0 Å². The highest BCUT2D eigenvalue weighted by Crippen LogP contribution is 2.17. The van der Waals surface area contributed by atoms with Crippen LogP contribution < -0.4 is 0 Å². The van der Waals surface area contributed by atoms with E-state index in [1.807, 2.05) is 47.5 Å². The Morgan fingerprint density at radius 3 is 2.82 bits per heavy atom. The number of rotatable bonds is 4. The maximum Gasteiger partial charge on any atom is 0.270 e. The molecule has 4 rings (SSSR count). The van der Waals surface area contributed by atoms with E-state index in [0.29, 0.717) is 11.6 Å². The van der Waals surface area contributed by atoms with E-state index < -0.39 is 0 Å². The maximum atomic E-state index is 13.0. The largest absolute Gasteiger partial charge is 0.351 e. The highest BCUT2D eigenvalue weighted by Gasteiger charge is 2.22. The molecular weight excluding hydrogens is 350 g/mol. The molecule has 6 heteroatoms. The zero-order valence-electron chi connectivity index (χ0n) is 16.6. The molecule has 0 aliphatic carbocycles. The number of amides is 1. The summed E-state index contributed by atoms with van der Waals surface area (Å²) in [4.78, 5) is 29.6. The number of aromatic nitrogens is 3. The number of benzene rings is 1. The van der Waals surface area contributed by atoms with Crippen molar-refractivity contribution in [3.05, 3.63) is 59.8 Å². The first-order chi connectivity index (χ1) is 13.6. The highest BCUT2D eigenvalue weighted by molar-refractivity contribution is 5.98. The average Bonchev–Trinajstić information content (AvgIpc) is 3.01. The molecule has 0 atom stereocenters. The summed E-state index contributed by atoms with van der Waals surface area (Å²) in [5.74, 6) is 1.30. The Hall–Kier alpha value is -2.73. The summed E-state index contributed by atoms with van der Waals surface area (Å²) in [7, 11) is 0. The molecule has 1 saturated heterocycles. The molecule has 3 aromatic rings. The number of H-pyrrole nitrogens is 1. The van der Waals surface area contributed by atoms with Gasteiger partial charge >= 0.3 is 0 Å². The molecule has 1 amide bonds. The van der Waals surface area contributed by atoms with Gasteiger partial charge in [0.05, 0.1) is 5.69 Å². The molecule has 0 unspecified atom stereocenters. The van der Waals surface area contributed by atoms with Gasteiger partial charge in [-0.25, -0.2) is 9.97 Å². The van der Waals surface area contributed by atoms with E-state index in [2.05, 4.69) is 33.7 Å². The van der Waals surface area contributed by atoms with E-state index in [1.165, 1.54) is 0 Å². The van der Waals surface area contributed by atoms with Gasteiger partial charge in [-0.2, -0.15) is 0 Å². The van der Waals surface area contributed by atoms with Crippen LogP contribution in [0.25, 0.3) is 10.9 Å². The molecular formula is C22H27N5O. The van der Waals surface area contributed by atoms with Crippen molar-refractivity contribution in [2.45, 2.75) is 32.7 Å². The lowest BCUT2D eigenvalue weighted by Gasteiger charge is -2.21. The number of fused-ring (bicyclic) bond motifs is 1. The van der Waals surface area contributed by atoms with Gasteiger partial charge in [0.2, 0.25) is 0 Å². The van der Waals surface area contributed by atoms with Crippen LogP contribution >= 0.6 is 0 Å². The van der Waals surface area contributed by atoms with Crippen molar-refractivity contribution in [3.8, 4) is 0 Å². The highest BCUT2D eigenvalue weighted by atomic mass is 16.2. The molecule has 3 heterocycles. The average molecular weight is 377 g/mol. The summed E-state index contributed by atoms with van der Waals surface area (Å²) in [6, 6.07) is 11.9. The van der Waals surface area contributed by atoms with E-state index >= 15 is 0 Å². The van der Waals surface area contributed by atoms with Gasteiger partial charge in [-0.05, 0) is 24.6 Å². The zero-order valence-corrected chi connectivity index (χ0v) is 16.6. The molecule has 0 radical (unpaired) electrons. The molecule has 146 valence electrons. The van der Waals surface area contributed by atoms with Gasteiger partial charge in [0.25, 0.3) is 5.91 Å². The Balaban J connectivity index is 1.40. The van der Waals surface area contributed by atoms with Crippen molar-refractivity contribution in [1.82, 2.24) is 24.8 Å². The summed E-state index contributed by atoms with van der Waals surface area (Å²) in [5.41, 5.74) is 2.73. The fourth-order valence-electron chi connectivity index (χ4n) is 3.70. The molecule has 1 N–H and O–H groups in total. The lowest BCUT2D eigenvalue weighted by molar-refractivity contribution is 0.0756. The lowest BCUT2D eigenvalue weighted by atomic mass is 10.2. The number of nitrogens with one attached hydrogen (secondary N) is 1. The number of carbonyl (C=O) groups is 1. The molecule has 2 aromatic heterocycles. The first-order valence-corrected chi connectivity index (χ1v) is 10.0. The quantitative estimate of drug-likeness (QED) is 0.757. The molecule has 6 nitrogen and oxygen atoms in total. The predicted molar refractivity (Wildman–Crippen MR) is 110 cm³/mol. The first-order valence-electron chi connectivity index (χ1n) is 10.0. The zero-order chi connectivity index (χ0) is 19.5. The van der Waals surface area contributed by atoms with Crippen LogP contribution in [0.4, 0.5) is 0 Å². The summed E-state index contributed by atoms with van der Waals surface area (Å²) in [6.07, 6.45) is 2.81. The monoisotopic (exact) mass is 377 g/mol. The smallest absolute Gasteiger partial charge is 0.270 e. The normalized spacial score (nSPS) is 15.9. The van der Waals surface area contributed by atoms with Crippen molar-refractivity contribution < 1.29 is 4.79 Å². The standard InChI is InChI=1S/C22H27N5O/c1-16(2)21-23-9-8-18(24-21)15-26-10-5-11-27(13-12-26)22(28)20-14-17-6-3-4-7-19(17)25-20/h3-4,6-9,14,16,25H,5,10-13,15H2,1-2H3. The van der Waals surface area contributed by atoms with Gasteiger partial charge in [-0.15, -0.1) is 0 Å². The van der Waals surface area contributed by atoms with Crippen LogP contribution in [0.15, 0.2) is 42.6 Å². The van der Waals surface area contributed by atoms with Crippen LogP contribution in [0.3, 0.4) is 0 Å². The Bertz CT molecular complexity index is 931. The van der Waals surface area contributed by atoms with Crippen molar-refractivity contribution in [1.29, 1.82) is 0 Å². The van der Waals surface area contributed by atoms with E-state index in [1.54, 1.807) is 0 Å². The number of nitrogens with zero attached hydrogens (tertiary/aromatic N) is 4. The fourth-order valence-corrected chi connectivity index (χ4v) is 3.70. The Morgan fingerprint density at radius 1 is 1.14 bits per heavy atom. The third-order valence-electron chi connectivity index (χ3n) is 5.27. The minimum atomic E-state index is 0.0854. The minimum absolute atomic E-state index is 0.0854. The van der Waals surface area contributed by atoms with Crippen LogP contribution in [-0.2, 0) is 6.54 Å². The van der Waals surface area contributed by atoms with Gasteiger partial charge in [-0.3, -0.25) is 9.69 Å². The second-order valence-electron chi connectivity index (χ2n) is 7.75. The number of para-hydroxylation sites is 1. The molecule has 0 spiro atoms. The molecule has 1 fully saturated rings. The Labute approximate surface area is 165 Å². The van der Waals surface area contributed by atoms with Gasteiger partial charge in [0, 0.05) is 55.7 Å². The number of hydrogen-bond donors (Lipinski definition) is 1. The number of aromatic amines is 1. The maximum absolute atomic E-state index is 13.0. The SMILES string of the molecule is CC(C)c1nccc(CN2CCCN(C(=O)c3cc4ccccc4[nH]3)CC2)n1. The molecule has 1 aliphatic rings. The van der Waals surface area contributed by atoms with Crippen LogP contribution in [-0.4, -0.2) is 56.8 Å². The van der Waals surface area contributed by atoms with Crippen LogP contribution in [0, 0.1) is 0 Å².